The molecule has 0 amide bonds. The van der Waals surface area contributed by atoms with Gasteiger partial charge in [0.15, 0.2) is 5.82 Å². The van der Waals surface area contributed by atoms with Gasteiger partial charge in [-0.1, -0.05) is 42.6 Å². The number of alkyl halides is 3. The van der Waals surface area contributed by atoms with E-state index in [0.717, 1.165) is 84.1 Å². The number of carbonyl (C=O) groups is 1. The maximum Gasteiger partial charge on any atom is 0.490 e. The Bertz CT molecular complexity index is 1640. The van der Waals surface area contributed by atoms with Crippen molar-refractivity contribution in [2.75, 3.05) is 6.54 Å². The molecule has 226 valence electrons. The maximum absolute atomic E-state index is 10.6. The summed E-state index contributed by atoms with van der Waals surface area (Å²) in [5.74, 6) is -0.951. The van der Waals surface area contributed by atoms with Crippen LogP contribution in [0.3, 0.4) is 0 Å². The highest BCUT2D eigenvalue weighted by Crippen LogP contribution is 2.51. The fraction of sp³-hybridized carbons (Fsp3) is 0.367. The lowest BCUT2D eigenvalue weighted by atomic mass is 9.96. The van der Waals surface area contributed by atoms with Crippen molar-refractivity contribution in [2.24, 2.45) is 10.7 Å². The van der Waals surface area contributed by atoms with Crippen molar-refractivity contribution in [1.82, 2.24) is 24.5 Å². The van der Waals surface area contributed by atoms with Gasteiger partial charge in [0.1, 0.15) is 11.4 Å². The number of aliphatic carboxylic acids is 1. The Labute approximate surface area is 251 Å². The van der Waals surface area contributed by atoms with E-state index < -0.39 is 12.1 Å². The van der Waals surface area contributed by atoms with Crippen LogP contribution in [-0.2, 0) is 16.9 Å². The summed E-state index contributed by atoms with van der Waals surface area (Å²) >= 11 is 6.22. The Morgan fingerprint density at radius 3 is 2.35 bits per heavy atom. The number of nitrogens with two attached hydrogens (primary N) is 1. The monoisotopic (exact) mass is 613 g/mol. The van der Waals surface area contributed by atoms with E-state index >= 15 is 0 Å². The predicted molar refractivity (Wildman–Crippen MR) is 157 cm³/mol. The Morgan fingerprint density at radius 2 is 1.70 bits per heavy atom. The van der Waals surface area contributed by atoms with Gasteiger partial charge >= 0.3 is 12.1 Å². The second-order valence-electron chi connectivity index (χ2n) is 10.6. The number of nitrogens with zero attached hydrogens (tertiary/aromatic N) is 6. The Morgan fingerprint density at radius 1 is 1.02 bits per heavy atom. The summed E-state index contributed by atoms with van der Waals surface area (Å²) in [5, 5.41) is 21.5. The summed E-state index contributed by atoms with van der Waals surface area (Å²) in [6, 6.07) is 14.5. The van der Waals surface area contributed by atoms with Crippen LogP contribution in [0.1, 0.15) is 61.3 Å². The molecule has 1 spiro atoms. The highest BCUT2D eigenvalue weighted by Gasteiger charge is 2.51. The number of benzene rings is 2. The summed E-state index contributed by atoms with van der Waals surface area (Å²) in [6.07, 6.45) is 5.50. The van der Waals surface area contributed by atoms with Crippen LogP contribution >= 0.6 is 11.6 Å². The number of hydrogen-bond donors (Lipinski definition) is 2. The largest absolute Gasteiger partial charge is 0.490 e. The van der Waals surface area contributed by atoms with Crippen molar-refractivity contribution < 1.29 is 23.1 Å². The van der Waals surface area contributed by atoms with Crippen LogP contribution in [0.4, 0.5) is 13.2 Å². The van der Waals surface area contributed by atoms with E-state index in [-0.39, 0.29) is 5.54 Å². The number of carboxylic acids is 1. The fourth-order valence-corrected chi connectivity index (χ4v) is 5.19. The quantitative estimate of drug-likeness (QED) is 0.232. The molecule has 1 aliphatic carbocycles. The molecule has 0 atom stereocenters. The molecule has 2 aliphatic rings. The molecule has 6 rings (SSSR count). The number of fused-ring (bicyclic) bond motifs is 4. The molecule has 43 heavy (non-hydrogen) atoms. The molecule has 0 bridgehead atoms. The molecule has 9 nitrogen and oxygen atoms in total. The highest BCUT2D eigenvalue weighted by atomic mass is 35.5. The number of aryl methyl sites for hydroxylation is 2. The van der Waals surface area contributed by atoms with Gasteiger partial charge in [-0.15, -0.1) is 10.2 Å². The standard InChI is InChI=1S/C28H30ClN7.C2HF3O2/c1-19-33-34-27-28(12-13-28)32-26(20-6-9-23(29)10-7-20)24-16-21(8-11-25(24)36(19)27)22-17-31-35(18-22)15-5-3-2-4-14-30;3-2(4,5)1(6)7/h6-11,16-18H,2-5,12-15,30H2,1H3;(H,6,7). The van der Waals surface area contributed by atoms with Crippen molar-refractivity contribution in [3.8, 4) is 16.8 Å². The van der Waals surface area contributed by atoms with Gasteiger partial charge in [0.25, 0.3) is 0 Å². The Kier molecular flexibility index (Phi) is 8.70. The molecule has 13 heteroatoms. The van der Waals surface area contributed by atoms with Crippen LogP contribution in [0.2, 0.25) is 5.02 Å². The zero-order valence-electron chi connectivity index (χ0n) is 23.5. The second-order valence-corrected chi connectivity index (χ2v) is 11.1. The Hall–Kier alpha value is -4.03. The summed E-state index contributed by atoms with van der Waals surface area (Å²) in [4.78, 5) is 14.2. The maximum atomic E-state index is 10.6. The first kappa shape index (κ1) is 30.4. The molecule has 2 aromatic heterocycles. The van der Waals surface area contributed by atoms with Gasteiger partial charge in [0.05, 0.1) is 17.6 Å². The summed E-state index contributed by atoms with van der Waals surface area (Å²) < 4.78 is 36.0. The molecule has 0 saturated heterocycles. The SMILES string of the molecule is Cc1nnc2n1-c1ccc(-c3cnn(CCCCCCN)c3)cc1C(c1ccc(Cl)cc1)=NC21CC1.O=C(O)C(F)(F)F. The van der Waals surface area contributed by atoms with Gasteiger partial charge in [0, 0.05) is 34.5 Å². The first-order chi connectivity index (χ1) is 20.5. The van der Waals surface area contributed by atoms with Gasteiger partial charge in [-0.25, -0.2) is 4.79 Å². The van der Waals surface area contributed by atoms with E-state index in [4.69, 9.17) is 32.2 Å². The lowest BCUT2D eigenvalue weighted by Gasteiger charge is -2.14. The van der Waals surface area contributed by atoms with Crippen molar-refractivity contribution in [1.29, 1.82) is 0 Å². The molecule has 0 unspecified atom stereocenters. The molecule has 1 saturated carbocycles. The summed E-state index contributed by atoms with van der Waals surface area (Å²) in [5.41, 5.74) is 11.6. The number of hydrogen-bond acceptors (Lipinski definition) is 6. The van der Waals surface area contributed by atoms with E-state index in [0.29, 0.717) is 5.02 Å². The number of rotatable bonds is 8. The van der Waals surface area contributed by atoms with E-state index in [2.05, 4.69) is 56.4 Å². The minimum Gasteiger partial charge on any atom is -0.475 e. The molecular formula is C30H31ClF3N7O2. The van der Waals surface area contributed by atoms with Crippen molar-refractivity contribution in [3.05, 3.63) is 82.7 Å². The molecule has 3 N–H and O–H groups in total. The number of carboxylic acid groups (broad SMARTS) is 1. The first-order valence-electron chi connectivity index (χ1n) is 14.0. The second kappa shape index (κ2) is 12.3. The number of aliphatic imine (C=N–C) groups is 1. The third-order valence-corrected chi connectivity index (χ3v) is 7.70. The van der Waals surface area contributed by atoms with Gasteiger partial charge in [0.2, 0.25) is 0 Å². The van der Waals surface area contributed by atoms with Gasteiger partial charge in [-0.2, -0.15) is 18.3 Å². The van der Waals surface area contributed by atoms with E-state index in [1.807, 2.05) is 29.9 Å². The average Bonchev–Trinajstić information content (AvgIpc) is 3.45. The van der Waals surface area contributed by atoms with Crippen molar-refractivity contribution in [2.45, 2.75) is 63.7 Å². The van der Waals surface area contributed by atoms with E-state index in [1.54, 1.807) is 0 Å². The van der Waals surface area contributed by atoms with Crippen LogP contribution in [0.5, 0.6) is 0 Å². The summed E-state index contributed by atoms with van der Waals surface area (Å²) in [6.45, 7) is 3.69. The van der Waals surface area contributed by atoms with E-state index in [1.165, 1.54) is 12.8 Å². The van der Waals surface area contributed by atoms with Gasteiger partial charge in [-0.05, 0) is 69.0 Å². The van der Waals surface area contributed by atoms with Crippen molar-refractivity contribution in [3.63, 3.8) is 0 Å². The molecule has 1 aliphatic heterocycles. The smallest absolute Gasteiger partial charge is 0.475 e. The highest BCUT2D eigenvalue weighted by molar-refractivity contribution is 6.30. The van der Waals surface area contributed by atoms with Gasteiger partial charge in [-0.3, -0.25) is 14.2 Å². The van der Waals surface area contributed by atoms with Gasteiger partial charge < -0.3 is 10.8 Å². The van der Waals surface area contributed by atoms with Crippen LogP contribution < -0.4 is 5.73 Å². The van der Waals surface area contributed by atoms with E-state index in [9.17, 15) is 13.2 Å². The lowest BCUT2D eigenvalue weighted by Crippen LogP contribution is -2.21. The average molecular weight is 614 g/mol. The minimum atomic E-state index is -5.08. The topological polar surface area (TPSA) is 124 Å². The lowest BCUT2D eigenvalue weighted by molar-refractivity contribution is -0.192. The van der Waals surface area contributed by atoms with Crippen LogP contribution in [0, 0.1) is 6.92 Å². The molecule has 3 heterocycles. The third-order valence-electron chi connectivity index (χ3n) is 7.45. The predicted octanol–water partition coefficient (Wildman–Crippen LogP) is 6.09. The Balaban J connectivity index is 0.000000472. The number of halogens is 4. The van der Waals surface area contributed by atoms with Crippen LogP contribution in [-0.4, -0.2) is 54.1 Å². The van der Waals surface area contributed by atoms with Crippen LogP contribution in [0.15, 0.2) is 59.9 Å². The zero-order chi connectivity index (χ0) is 30.8. The fourth-order valence-electron chi connectivity index (χ4n) is 5.06. The molecular weight excluding hydrogens is 583 g/mol. The normalized spacial score (nSPS) is 14.7. The molecule has 4 aromatic rings. The minimum absolute atomic E-state index is 0.315. The third kappa shape index (κ3) is 6.65. The van der Waals surface area contributed by atoms with Crippen LogP contribution in [0.25, 0.3) is 16.8 Å². The molecule has 2 aromatic carbocycles. The van der Waals surface area contributed by atoms with Crippen molar-refractivity contribution >= 4 is 23.3 Å². The number of aromatic nitrogens is 5. The first-order valence-corrected chi connectivity index (χ1v) is 14.4. The zero-order valence-corrected chi connectivity index (χ0v) is 24.2. The molecule has 0 radical (unpaired) electrons. The summed E-state index contributed by atoms with van der Waals surface area (Å²) in [7, 11) is 0. The molecule has 1 fully saturated rings. The number of unbranched alkanes of at least 4 members (excludes halogenated alkanes) is 3.